The Hall–Kier alpha value is -0.116. The first-order chi connectivity index (χ1) is 7.86. The Labute approximate surface area is 104 Å². The molecule has 0 nitrogen and oxygen atoms in total. The Bertz CT molecular complexity index is 329. The third-order valence-corrected chi connectivity index (χ3v) is 11.5. The summed E-state index contributed by atoms with van der Waals surface area (Å²) in [6, 6.07) is 0. The van der Waals surface area contributed by atoms with Gasteiger partial charge in [-0.2, -0.15) is 0 Å². The van der Waals surface area contributed by atoms with Crippen LogP contribution in [0.25, 0.3) is 0 Å². The predicted octanol–water partition coefficient (Wildman–Crippen LogP) is 4.73. The molecular formula is C14H20NiP. The molecule has 0 atom stereocenters. The second kappa shape index (κ2) is 5.99. The summed E-state index contributed by atoms with van der Waals surface area (Å²) in [4.78, 5) is 0. The number of hydrogen-bond acceptors (Lipinski definition) is 0. The van der Waals surface area contributed by atoms with Gasteiger partial charge < -0.3 is 0 Å². The molecule has 0 aromatic carbocycles. The van der Waals surface area contributed by atoms with Crippen molar-refractivity contribution in [1.82, 2.24) is 0 Å². The van der Waals surface area contributed by atoms with Gasteiger partial charge in [0.05, 0.1) is 0 Å². The van der Waals surface area contributed by atoms with Gasteiger partial charge in [0.1, 0.15) is 0 Å². The molecule has 0 spiro atoms. The molecule has 0 saturated carbocycles. The molecule has 0 saturated heterocycles. The van der Waals surface area contributed by atoms with Crippen molar-refractivity contribution < 1.29 is 13.0 Å². The first kappa shape index (κ1) is 12.3. The van der Waals surface area contributed by atoms with E-state index in [-0.39, 0.29) is 6.70 Å². The van der Waals surface area contributed by atoms with Gasteiger partial charge in [-0.1, -0.05) is 0 Å². The van der Waals surface area contributed by atoms with Gasteiger partial charge in [0.2, 0.25) is 0 Å². The molecule has 0 aromatic heterocycles. The van der Waals surface area contributed by atoms with Gasteiger partial charge in [-0.25, -0.2) is 0 Å². The summed E-state index contributed by atoms with van der Waals surface area (Å²) in [5, 5.41) is 0. The molecule has 0 heterocycles. The zero-order valence-electron chi connectivity index (χ0n) is 10.1. The average Bonchev–Trinajstić information content (AvgIpc) is 2.98. The summed E-state index contributed by atoms with van der Waals surface area (Å²) in [5.74, 6) is 0. The van der Waals surface area contributed by atoms with Gasteiger partial charge in [-0.3, -0.25) is 0 Å². The van der Waals surface area contributed by atoms with E-state index in [1.807, 2.05) is 0 Å². The zero-order valence-corrected chi connectivity index (χ0v) is 11.9. The van der Waals surface area contributed by atoms with E-state index in [2.05, 4.69) is 50.3 Å². The van der Waals surface area contributed by atoms with Gasteiger partial charge in [0, 0.05) is 0 Å². The minimum absolute atomic E-state index is 0.183. The van der Waals surface area contributed by atoms with Gasteiger partial charge in [0.25, 0.3) is 0 Å². The fraction of sp³-hybridized carbons (Fsp3) is 0.429. The Morgan fingerprint density at radius 3 is 1.81 bits per heavy atom. The maximum absolute atomic E-state index is 2.37. The van der Waals surface area contributed by atoms with E-state index in [0.717, 1.165) is 0 Å². The summed E-state index contributed by atoms with van der Waals surface area (Å²) < 4.78 is 3.40. The molecule has 0 amide bonds. The minimum atomic E-state index is 0.183. The normalized spacial score (nSPS) is 19.3. The summed E-state index contributed by atoms with van der Waals surface area (Å²) in [6.07, 6.45) is 19.0. The Morgan fingerprint density at radius 1 is 1.00 bits per heavy atom. The quantitative estimate of drug-likeness (QED) is 0.503. The van der Waals surface area contributed by atoms with Crippen molar-refractivity contribution >= 4 is 6.70 Å². The molecule has 2 rings (SSSR count). The number of allylic oxidation sites excluding steroid dienone is 8. The second-order valence-corrected chi connectivity index (χ2v) is 10.8. The SMILES string of the molecule is CC[P](CC)[Ni]([C]1=CC=CC1)[C]1=CC=CC1. The fourth-order valence-corrected chi connectivity index (χ4v) is 9.88. The molecule has 2 heteroatoms. The fourth-order valence-electron chi connectivity index (χ4n) is 1.85. The van der Waals surface area contributed by atoms with Crippen LogP contribution in [0, 0.1) is 0 Å². The number of hydrogen-bond donors (Lipinski definition) is 0. The molecule has 0 fully saturated rings. The second-order valence-electron chi connectivity index (χ2n) is 3.69. The monoisotopic (exact) mass is 277 g/mol. The van der Waals surface area contributed by atoms with Crippen molar-refractivity contribution in [2.24, 2.45) is 0 Å². The van der Waals surface area contributed by atoms with Crippen LogP contribution in [0.5, 0.6) is 0 Å². The molecule has 16 heavy (non-hydrogen) atoms. The Balaban J connectivity index is 2.18. The van der Waals surface area contributed by atoms with Gasteiger partial charge in [-0.15, -0.1) is 0 Å². The van der Waals surface area contributed by atoms with Crippen molar-refractivity contribution in [3.8, 4) is 0 Å². The van der Waals surface area contributed by atoms with E-state index in [1.165, 1.54) is 25.2 Å². The van der Waals surface area contributed by atoms with Crippen LogP contribution in [0.15, 0.2) is 45.5 Å². The van der Waals surface area contributed by atoms with Crippen LogP contribution in [0.2, 0.25) is 0 Å². The number of rotatable bonds is 5. The van der Waals surface area contributed by atoms with E-state index in [9.17, 15) is 0 Å². The zero-order chi connectivity index (χ0) is 11.4. The molecule has 0 N–H and O–H groups in total. The van der Waals surface area contributed by atoms with Crippen LogP contribution >= 0.6 is 6.70 Å². The van der Waals surface area contributed by atoms with Gasteiger partial charge in [-0.05, 0) is 0 Å². The van der Waals surface area contributed by atoms with Crippen LogP contribution in [-0.2, 0) is 13.0 Å². The third kappa shape index (κ3) is 2.58. The summed E-state index contributed by atoms with van der Waals surface area (Å²) in [5.41, 5.74) is 0. The van der Waals surface area contributed by atoms with Gasteiger partial charge >= 0.3 is 104 Å². The summed E-state index contributed by atoms with van der Waals surface area (Å²) in [7, 11) is 0. The molecule has 2 aliphatic rings. The molecule has 91 valence electrons. The van der Waals surface area contributed by atoms with Crippen LogP contribution in [-0.4, -0.2) is 12.3 Å². The van der Waals surface area contributed by atoms with Gasteiger partial charge in [0.15, 0.2) is 0 Å². The topological polar surface area (TPSA) is 0 Å². The van der Waals surface area contributed by atoms with E-state index in [1.54, 1.807) is 9.09 Å². The molecule has 0 unspecified atom stereocenters. The first-order valence-corrected chi connectivity index (χ1v) is 9.80. The van der Waals surface area contributed by atoms with Crippen molar-refractivity contribution in [2.75, 3.05) is 12.3 Å². The molecule has 0 radical (unpaired) electrons. The van der Waals surface area contributed by atoms with Crippen molar-refractivity contribution in [3.05, 3.63) is 45.5 Å². The van der Waals surface area contributed by atoms with E-state index in [0.29, 0.717) is 13.0 Å². The van der Waals surface area contributed by atoms with Crippen LogP contribution in [0.1, 0.15) is 26.7 Å². The third-order valence-electron chi connectivity index (χ3n) is 2.64. The van der Waals surface area contributed by atoms with Crippen LogP contribution in [0.3, 0.4) is 0 Å². The summed E-state index contributed by atoms with van der Waals surface area (Å²) >= 11 is 0.294. The average molecular weight is 278 g/mol. The predicted molar refractivity (Wildman–Crippen MR) is 71.7 cm³/mol. The first-order valence-electron chi connectivity index (χ1n) is 5.94. The van der Waals surface area contributed by atoms with Crippen molar-refractivity contribution in [2.45, 2.75) is 26.7 Å². The summed E-state index contributed by atoms with van der Waals surface area (Å²) in [6.45, 7) is 4.91. The molecular weight excluding hydrogens is 258 g/mol. The Morgan fingerprint density at radius 2 is 1.50 bits per heavy atom. The molecule has 2 aliphatic carbocycles. The van der Waals surface area contributed by atoms with Crippen LogP contribution in [0.4, 0.5) is 0 Å². The van der Waals surface area contributed by atoms with Crippen molar-refractivity contribution in [1.29, 1.82) is 0 Å². The van der Waals surface area contributed by atoms with E-state index in [4.69, 9.17) is 0 Å². The van der Waals surface area contributed by atoms with E-state index < -0.39 is 0 Å². The van der Waals surface area contributed by atoms with Crippen LogP contribution < -0.4 is 0 Å². The molecule has 0 aromatic rings. The Kier molecular flexibility index (Phi) is 4.62. The van der Waals surface area contributed by atoms with E-state index >= 15 is 0 Å². The standard InChI is InChI=1S/2C5H5.C4H10P.Ni/c2*1-2-4-5-3-1;1-3-5-4-2;/h2*1-3H,4H2;3-4H2,1-2H3;/q;;-1;+1. The molecule has 0 bridgehead atoms. The van der Waals surface area contributed by atoms with Crippen molar-refractivity contribution in [3.63, 3.8) is 0 Å². The maximum atomic E-state index is 2.37. The molecule has 0 aliphatic heterocycles.